The number of nitrogens with zero attached hydrogens (tertiary/aromatic N) is 2. The minimum Gasteiger partial charge on any atom is -0.361 e. The summed E-state index contributed by atoms with van der Waals surface area (Å²) in [5, 5.41) is 4.65. The number of aromatic nitrogens is 4. The predicted molar refractivity (Wildman–Crippen MR) is 132 cm³/mol. The van der Waals surface area contributed by atoms with Crippen molar-refractivity contribution < 1.29 is 0 Å². The van der Waals surface area contributed by atoms with E-state index in [0.29, 0.717) is 0 Å². The molecule has 2 N–H and O–H groups in total. The van der Waals surface area contributed by atoms with Crippen LogP contribution in [0.2, 0.25) is 0 Å². The van der Waals surface area contributed by atoms with Crippen LogP contribution in [0.4, 0.5) is 0 Å². The highest BCUT2D eigenvalue weighted by Gasteiger charge is 2.17. The fraction of sp³-hybridized carbons (Fsp3) is 0. The Labute approximate surface area is 183 Å². The molecular formula is C28H18N4. The second kappa shape index (κ2) is 6.53. The fourth-order valence-corrected chi connectivity index (χ4v) is 4.79. The zero-order valence-corrected chi connectivity index (χ0v) is 17.1. The molecule has 0 aliphatic heterocycles. The third kappa shape index (κ3) is 2.38. The minimum absolute atomic E-state index is 0.896. The average molecular weight is 410 g/mol. The van der Waals surface area contributed by atoms with Crippen LogP contribution in [0, 0.1) is 0 Å². The molecule has 0 radical (unpaired) electrons. The highest BCUT2D eigenvalue weighted by molar-refractivity contribution is 6.24. The van der Waals surface area contributed by atoms with Crippen LogP contribution < -0.4 is 0 Å². The van der Waals surface area contributed by atoms with Crippen molar-refractivity contribution in [3.8, 4) is 22.5 Å². The number of aromatic amines is 2. The fourth-order valence-electron chi connectivity index (χ4n) is 4.79. The van der Waals surface area contributed by atoms with Gasteiger partial charge in [0.25, 0.3) is 0 Å². The lowest BCUT2D eigenvalue weighted by Gasteiger charge is -2.13. The maximum absolute atomic E-state index is 5.29. The van der Waals surface area contributed by atoms with E-state index in [-0.39, 0.29) is 0 Å². The van der Waals surface area contributed by atoms with E-state index in [1.165, 1.54) is 10.8 Å². The van der Waals surface area contributed by atoms with Gasteiger partial charge in [-0.05, 0) is 47.2 Å². The molecule has 0 atom stereocenters. The first-order valence-corrected chi connectivity index (χ1v) is 10.7. The molecule has 7 aromatic rings. The Kier molecular flexibility index (Phi) is 3.52. The molecule has 0 aliphatic carbocycles. The van der Waals surface area contributed by atoms with Gasteiger partial charge >= 0.3 is 0 Å². The normalized spacial score (nSPS) is 11.8. The Bertz CT molecular complexity index is 1630. The van der Waals surface area contributed by atoms with E-state index in [4.69, 9.17) is 9.97 Å². The molecule has 4 aromatic carbocycles. The van der Waals surface area contributed by atoms with E-state index < -0.39 is 0 Å². The minimum atomic E-state index is 0.896. The summed E-state index contributed by atoms with van der Waals surface area (Å²) in [6.07, 6.45) is 3.88. The Morgan fingerprint density at radius 1 is 0.406 bits per heavy atom. The van der Waals surface area contributed by atoms with Crippen LogP contribution in [0.25, 0.3) is 66.1 Å². The van der Waals surface area contributed by atoms with Crippen molar-refractivity contribution in [1.82, 2.24) is 19.9 Å². The number of hydrogen-bond donors (Lipinski definition) is 2. The van der Waals surface area contributed by atoms with E-state index >= 15 is 0 Å². The third-order valence-electron chi connectivity index (χ3n) is 6.25. The average Bonchev–Trinajstić information content (AvgIpc) is 3.57. The molecule has 4 heteroatoms. The lowest BCUT2D eigenvalue weighted by atomic mass is 9.98. The number of benzene rings is 4. The van der Waals surface area contributed by atoms with Crippen LogP contribution in [0.3, 0.4) is 0 Å². The smallest absolute Gasteiger partial charge is 0.0995 e. The highest BCUT2D eigenvalue weighted by Crippen LogP contribution is 2.38. The quantitative estimate of drug-likeness (QED) is 0.236. The molecule has 0 bridgehead atoms. The molecule has 0 spiro atoms. The Hall–Kier alpha value is -4.44. The summed E-state index contributed by atoms with van der Waals surface area (Å²) in [4.78, 5) is 17.3. The number of hydrogen-bond acceptors (Lipinski definition) is 2. The zero-order valence-electron chi connectivity index (χ0n) is 17.1. The number of rotatable bonds is 2. The van der Waals surface area contributed by atoms with Crippen molar-refractivity contribution in [3.63, 3.8) is 0 Å². The third-order valence-corrected chi connectivity index (χ3v) is 6.25. The molecule has 0 aliphatic rings. The van der Waals surface area contributed by atoms with Gasteiger partial charge in [0.15, 0.2) is 0 Å². The lowest BCUT2D eigenvalue weighted by molar-refractivity contribution is 1.36. The summed E-state index contributed by atoms with van der Waals surface area (Å²) in [7, 11) is 0. The zero-order chi connectivity index (χ0) is 21.1. The van der Waals surface area contributed by atoms with Gasteiger partial charge in [0, 0.05) is 45.7 Å². The molecule has 0 amide bonds. The molecule has 150 valence electrons. The second-order valence-electron chi connectivity index (χ2n) is 8.04. The monoisotopic (exact) mass is 410 g/mol. The van der Waals surface area contributed by atoms with Crippen LogP contribution >= 0.6 is 0 Å². The summed E-state index contributed by atoms with van der Waals surface area (Å²) in [5.41, 5.74) is 7.82. The molecule has 0 saturated carbocycles. The first kappa shape index (κ1) is 17.3. The molecule has 0 saturated heterocycles. The molecule has 7 rings (SSSR count). The molecule has 32 heavy (non-hydrogen) atoms. The number of fused-ring (bicyclic) bond motifs is 7. The van der Waals surface area contributed by atoms with E-state index in [1.54, 1.807) is 0 Å². The van der Waals surface area contributed by atoms with E-state index in [2.05, 4.69) is 82.8 Å². The molecule has 0 unspecified atom stereocenters. The van der Waals surface area contributed by atoms with Crippen molar-refractivity contribution >= 4 is 43.6 Å². The van der Waals surface area contributed by atoms with Gasteiger partial charge in [-0.3, -0.25) is 0 Å². The summed E-state index contributed by atoms with van der Waals surface area (Å²) >= 11 is 0. The Morgan fingerprint density at radius 2 is 0.844 bits per heavy atom. The van der Waals surface area contributed by atoms with Gasteiger partial charge in [0.2, 0.25) is 0 Å². The standard InChI is InChI=1S/C28H18N4/c1-3-9-19-17(7-1)18-8-2-4-10-20(18)26-25(19)31-27-21(23-11-5-15-29-23)13-14-22(28(27)32-26)24-12-6-16-30-24/h1-16,29-30H. The molecular weight excluding hydrogens is 392 g/mol. The number of H-pyrrole nitrogens is 2. The van der Waals surface area contributed by atoms with Gasteiger partial charge in [-0.2, -0.15) is 0 Å². The van der Waals surface area contributed by atoms with Crippen LogP contribution in [-0.4, -0.2) is 19.9 Å². The van der Waals surface area contributed by atoms with Crippen molar-refractivity contribution in [3.05, 3.63) is 97.3 Å². The summed E-state index contributed by atoms with van der Waals surface area (Å²) in [6, 6.07) is 29.4. The van der Waals surface area contributed by atoms with Gasteiger partial charge in [-0.25, -0.2) is 9.97 Å². The summed E-state index contributed by atoms with van der Waals surface area (Å²) in [6.45, 7) is 0. The molecule has 0 fully saturated rings. The van der Waals surface area contributed by atoms with Crippen molar-refractivity contribution in [1.29, 1.82) is 0 Å². The summed E-state index contributed by atoms with van der Waals surface area (Å²) < 4.78 is 0. The maximum atomic E-state index is 5.29. The van der Waals surface area contributed by atoms with Gasteiger partial charge in [0.05, 0.1) is 22.1 Å². The first-order valence-electron chi connectivity index (χ1n) is 10.7. The lowest BCUT2D eigenvalue weighted by Crippen LogP contribution is -1.96. The maximum Gasteiger partial charge on any atom is 0.0995 e. The molecule has 4 nitrogen and oxygen atoms in total. The second-order valence-corrected chi connectivity index (χ2v) is 8.04. The van der Waals surface area contributed by atoms with Gasteiger partial charge in [0.1, 0.15) is 0 Å². The van der Waals surface area contributed by atoms with Crippen LogP contribution in [-0.2, 0) is 0 Å². The predicted octanol–water partition coefficient (Wildman–Crippen LogP) is 7.08. The van der Waals surface area contributed by atoms with Crippen LogP contribution in [0.5, 0.6) is 0 Å². The van der Waals surface area contributed by atoms with Gasteiger partial charge < -0.3 is 9.97 Å². The van der Waals surface area contributed by atoms with Crippen molar-refractivity contribution in [2.75, 3.05) is 0 Å². The Morgan fingerprint density at radius 3 is 1.25 bits per heavy atom. The highest BCUT2D eigenvalue weighted by atomic mass is 14.8. The SMILES string of the molecule is c1c[nH]c(-c2ccc(-c3ccc[nH]3)c3nc4c5ccccc5c5ccccc5c4nc23)c1. The van der Waals surface area contributed by atoms with E-state index in [9.17, 15) is 0 Å². The molecule has 3 heterocycles. The van der Waals surface area contributed by atoms with Gasteiger partial charge in [-0.15, -0.1) is 0 Å². The first-order chi connectivity index (χ1) is 15.9. The molecule has 3 aromatic heterocycles. The van der Waals surface area contributed by atoms with E-state index in [1.807, 2.05) is 24.5 Å². The van der Waals surface area contributed by atoms with E-state index in [0.717, 1.165) is 55.4 Å². The summed E-state index contributed by atoms with van der Waals surface area (Å²) in [5.74, 6) is 0. The van der Waals surface area contributed by atoms with Crippen LogP contribution in [0.15, 0.2) is 97.3 Å². The largest absolute Gasteiger partial charge is 0.361 e. The van der Waals surface area contributed by atoms with Crippen molar-refractivity contribution in [2.45, 2.75) is 0 Å². The number of nitrogens with one attached hydrogen (secondary N) is 2. The Balaban J connectivity index is 1.73. The van der Waals surface area contributed by atoms with Crippen LogP contribution in [0.1, 0.15) is 0 Å². The van der Waals surface area contributed by atoms with Gasteiger partial charge in [-0.1, -0.05) is 48.5 Å². The van der Waals surface area contributed by atoms with Crippen molar-refractivity contribution in [2.24, 2.45) is 0 Å². The topological polar surface area (TPSA) is 57.4 Å².